The predicted octanol–water partition coefficient (Wildman–Crippen LogP) is 6.09. The molecule has 0 saturated carbocycles. The number of ether oxygens (including phenoxy) is 1. The number of carboxylic acid groups (broad SMARTS) is 1. The highest BCUT2D eigenvalue weighted by Crippen LogP contribution is 2.35. The Morgan fingerprint density at radius 3 is 2.51 bits per heavy atom. The average molecular weight is 550 g/mol. The van der Waals surface area contributed by atoms with Gasteiger partial charge in [-0.15, -0.1) is 12.4 Å². The summed E-state index contributed by atoms with van der Waals surface area (Å²) in [6.45, 7) is 0.171. The van der Waals surface area contributed by atoms with Crippen LogP contribution in [0.4, 0.5) is 8.78 Å². The molecule has 0 aliphatic rings. The van der Waals surface area contributed by atoms with Gasteiger partial charge in [-0.05, 0) is 42.4 Å². The molecule has 0 fully saturated rings. The number of methoxy groups -OCH3 is 1. The Kier molecular flexibility index (Phi) is 9.34. The molecule has 0 aliphatic carbocycles. The number of carbonyl (C=O) groups is 1. The zero-order valence-electron chi connectivity index (χ0n) is 19.9. The second-order valence-electron chi connectivity index (χ2n) is 8.20. The molecule has 1 N–H and O–H groups in total. The van der Waals surface area contributed by atoms with Gasteiger partial charge in [0.15, 0.2) is 0 Å². The molecule has 0 spiro atoms. The fourth-order valence-corrected chi connectivity index (χ4v) is 4.05. The quantitative estimate of drug-likeness (QED) is 0.270. The lowest BCUT2D eigenvalue weighted by Crippen LogP contribution is -2.25. The first-order valence-corrected chi connectivity index (χ1v) is 11.2. The van der Waals surface area contributed by atoms with Crippen LogP contribution in [0.15, 0.2) is 59.1 Å². The number of halogens is 4. The average Bonchev–Trinajstić information content (AvgIpc) is 3.32. The second-order valence-corrected chi connectivity index (χ2v) is 8.58. The minimum Gasteiger partial charge on any atom is -0.480 e. The Balaban J connectivity index is 0.00000380. The smallest absolute Gasteiger partial charge is 0.317 e. The van der Waals surface area contributed by atoms with Gasteiger partial charge >= 0.3 is 5.97 Å². The third kappa shape index (κ3) is 6.50. The van der Waals surface area contributed by atoms with Crippen LogP contribution < -0.4 is 0 Å². The molecular formula is C26H23Cl2F2N3O4. The summed E-state index contributed by atoms with van der Waals surface area (Å²) >= 11 is 6.19. The number of rotatable bonds is 9. The largest absolute Gasteiger partial charge is 0.480 e. The van der Waals surface area contributed by atoms with E-state index in [1.165, 1.54) is 17.0 Å². The maximum atomic E-state index is 14.7. The summed E-state index contributed by atoms with van der Waals surface area (Å²) in [5.41, 5.74) is 3.34. The molecule has 0 atom stereocenters. The van der Waals surface area contributed by atoms with Crippen molar-refractivity contribution in [2.45, 2.75) is 13.2 Å². The molecule has 0 unspecified atom stereocenters. The Labute approximate surface area is 223 Å². The van der Waals surface area contributed by atoms with E-state index in [9.17, 15) is 13.6 Å². The lowest BCUT2D eigenvalue weighted by atomic mass is 9.97. The number of hydrogen-bond acceptors (Lipinski definition) is 6. The highest BCUT2D eigenvalue weighted by Gasteiger charge is 2.17. The highest BCUT2D eigenvalue weighted by molar-refractivity contribution is 6.33. The van der Waals surface area contributed by atoms with Gasteiger partial charge in [-0.3, -0.25) is 9.69 Å². The summed E-state index contributed by atoms with van der Waals surface area (Å²) in [5, 5.41) is 12.9. The molecule has 0 bridgehead atoms. The summed E-state index contributed by atoms with van der Waals surface area (Å²) in [4.78, 5) is 16.7. The van der Waals surface area contributed by atoms with Crippen molar-refractivity contribution in [2.24, 2.45) is 0 Å². The van der Waals surface area contributed by atoms with Crippen LogP contribution in [-0.4, -0.2) is 46.8 Å². The molecule has 4 aromatic rings. The summed E-state index contributed by atoms with van der Waals surface area (Å²) in [7, 11) is 3.14. The Bertz CT molecular complexity index is 1410. The summed E-state index contributed by atoms with van der Waals surface area (Å²) in [6, 6.07) is 14.4. The van der Waals surface area contributed by atoms with Gasteiger partial charge in [0.1, 0.15) is 11.6 Å². The summed E-state index contributed by atoms with van der Waals surface area (Å²) < 4.78 is 39.4. The number of hydrogen-bond donors (Lipinski definition) is 1. The van der Waals surface area contributed by atoms with E-state index in [0.717, 1.165) is 5.56 Å². The molecule has 37 heavy (non-hydrogen) atoms. The molecule has 194 valence electrons. The van der Waals surface area contributed by atoms with Crippen LogP contribution in [0.2, 0.25) is 5.02 Å². The molecule has 1 aromatic heterocycles. The predicted molar refractivity (Wildman–Crippen MR) is 137 cm³/mol. The van der Waals surface area contributed by atoms with Gasteiger partial charge in [0.25, 0.3) is 5.89 Å². The zero-order chi connectivity index (χ0) is 25.8. The van der Waals surface area contributed by atoms with E-state index >= 15 is 0 Å². The van der Waals surface area contributed by atoms with Crippen molar-refractivity contribution in [1.82, 2.24) is 15.0 Å². The van der Waals surface area contributed by atoms with Gasteiger partial charge in [-0.2, -0.15) is 4.98 Å². The van der Waals surface area contributed by atoms with Crippen molar-refractivity contribution < 1.29 is 27.9 Å². The Hall–Kier alpha value is -3.37. The number of carboxylic acids is 1. The minimum atomic E-state index is -0.991. The van der Waals surface area contributed by atoms with E-state index in [1.54, 1.807) is 56.6 Å². The molecule has 11 heteroatoms. The number of aliphatic carboxylic acids is 1. The van der Waals surface area contributed by atoms with E-state index in [4.69, 9.17) is 26.0 Å². The van der Waals surface area contributed by atoms with Gasteiger partial charge in [0.05, 0.1) is 18.2 Å². The summed E-state index contributed by atoms with van der Waals surface area (Å²) in [5.74, 6) is -1.61. The van der Waals surface area contributed by atoms with Crippen LogP contribution >= 0.6 is 24.0 Å². The Morgan fingerprint density at radius 2 is 1.81 bits per heavy atom. The normalized spacial score (nSPS) is 11.0. The molecule has 0 amide bonds. The topological polar surface area (TPSA) is 88.7 Å². The first-order valence-electron chi connectivity index (χ1n) is 10.9. The number of aromatic nitrogens is 2. The van der Waals surface area contributed by atoms with Gasteiger partial charge in [0, 0.05) is 35.9 Å². The number of nitrogens with zero attached hydrogens (tertiary/aromatic N) is 3. The maximum Gasteiger partial charge on any atom is 0.317 e. The molecule has 7 nitrogen and oxygen atoms in total. The van der Waals surface area contributed by atoms with Crippen molar-refractivity contribution >= 4 is 30.0 Å². The lowest BCUT2D eigenvalue weighted by molar-refractivity contribution is -0.138. The first kappa shape index (κ1) is 28.2. The molecule has 4 rings (SSSR count). The molecular weight excluding hydrogens is 527 g/mol. The van der Waals surface area contributed by atoms with E-state index in [0.29, 0.717) is 27.8 Å². The minimum absolute atomic E-state index is 0. The van der Waals surface area contributed by atoms with Crippen molar-refractivity contribution in [3.8, 4) is 34.0 Å². The fraction of sp³-hybridized carbons (Fsp3) is 0.192. The molecule has 0 aliphatic heterocycles. The molecule has 0 radical (unpaired) electrons. The zero-order valence-corrected chi connectivity index (χ0v) is 21.4. The first-order chi connectivity index (χ1) is 17.3. The van der Waals surface area contributed by atoms with Crippen LogP contribution in [0.5, 0.6) is 0 Å². The number of benzene rings is 3. The van der Waals surface area contributed by atoms with E-state index in [1.807, 2.05) is 0 Å². The van der Waals surface area contributed by atoms with Crippen molar-refractivity contribution in [1.29, 1.82) is 0 Å². The van der Waals surface area contributed by atoms with Crippen LogP contribution in [-0.2, 0) is 22.7 Å². The second kappa shape index (κ2) is 12.2. The molecule has 3 aromatic carbocycles. The van der Waals surface area contributed by atoms with E-state index < -0.39 is 17.6 Å². The van der Waals surface area contributed by atoms with E-state index in [-0.39, 0.29) is 48.8 Å². The van der Waals surface area contributed by atoms with Crippen LogP contribution in [0.25, 0.3) is 34.0 Å². The highest BCUT2D eigenvalue weighted by atomic mass is 35.5. The van der Waals surface area contributed by atoms with Gasteiger partial charge < -0.3 is 14.4 Å². The lowest BCUT2D eigenvalue weighted by Gasteiger charge is -2.14. The van der Waals surface area contributed by atoms with E-state index in [2.05, 4.69) is 10.1 Å². The standard InChI is InChI=1S/C26H22ClF2N3O4.ClH/c1-32(13-23(33)34)12-17-7-6-15(11-22(17)29)25-30-26(36-31-25)16-8-9-19(18(10-16)14-35-2)20-4-3-5-21(28)24(20)27;/h3-11H,12-14H2,1-2H3,(H,33,34);1H. The number of likely N-dealkylation sites (N-methyl/N-ethyl adjacent to an activating group) is 1. The van der Waals surface area contributed by atoms with Crippen molar-refractivity contribution in [3.63, 3.8) is 0 Å². The monoisotopic (exact) mass is 549 g/mol. The van der Waals surface area contributed by atoms with Crippen LogP contribution in [0, 0.1) is 11.6 Å². The van der Waals surface area contributed by atoms with Crippen LogP contribution in [0.3, 0.4) is 0 Å². The third-order valence-electron chi connectivity index (χ3n) is 5.48. The maximum absolute atomic E-state index is 14.7. The molecule has 1 heterocycles. The fourth-order valence-electron chi connectivity index (χ4n) is 3.83. The van der Waals surface area contributed by atoms with Crippen molar-refractivity contribution in [3.05, 3.63) is 82.4 Å². The van der Waals surface area contributed by atoms with Crippen LogP contribution in [0.1, 0.15) is 11.1 Å². The van der Waals surface area contributed by atoms with Crippen molar-refractivity contribution in [2.75, 3.05) is 20.7 Å². The van der Waals surface area contributed by atoms with Gasteiger partial charge in [-0.25, -0.2) is 8.78 Å². The molecule has 0 saturated heterocycles. The third-order valence-corrected chi connectivity index (χ3v) is 5.86. The summed E-state index contributed by atoms with van der Waals surface area (Å²) in [6.07, 6.45) is 0. The van der Waals surface area contributed by atoms with Gasteiger partial charge in [0.2, 0.25) is 5.82 Å². The Morgan fingerprint density at radius 1 is 1.05 bits per heavy atom. The SMILES string of the molecule is COCc1cc(-c2nc(-c3ccc(CN(C)CC(=O)O)c(F)c3)no2)ccc1-c1cccc(F)c1Cl.Cl. The van der Waals surface area contributed by atoms with Gasteiger partial charge in [-0.1, -0.05) is 47.1 Å².